The Labute approximate surface area is 128 Å². The van der Waals surface area contributed by atoms with Crippen LogP contribution in [0.3, 0.4) is 0 Å². The van der Waals surface area contributed by atoms with Crippen molar-refractivity contribution in [1.82, 2.24) is 0 Å². The van der Waals surface area contributed by atoms with Gasteiger partial charge in [-0.1, -0.05) is 37.3 Å². The first-order chi connectivity index (χ1) is 10.3. The molecule has 3 rings (SSSR count). The first kappa shape index (κ1) is 14.1. The van der Waals surface area contributed by atoms with E-state index in [1.807, 2.05) is 31.2 Å². The maximum absolute atomic E-state index is 9.78. The fourth-order valence-corrected chi connectivity index (χ4v) is 3.28. The van der Waals surface area contributed by atoms with E-state index in [1.54, 1.807) is 11.3 Å². The van der Waals surface area contributed by atoms with Crippen molar-refractivity contribution in [3.8, 4) is 5.75 Å². The summed E-state index contributed by atoms with van der Waals surface area (Å²) in [6.45, 7) is 2.54. The van der Waals surface area contributed by atoms with Gasteiger partial charge in [0.05, 0.1) is 6.10 Å². The van der Waals surface area contributed by atoms with Gasteiger partial charge in [0.1, 0.15) is 12.4 Å². The van der Waals surface area contributed by atoms with E-state index < -0.39 is 0 Å². The predicted molar refractivity (Wildman–Crippen MR) is 87.8 cm³/mol. The topological polar surface area (TPSA) is 29.5 Å². The third-order valence-corrected chi connectivity index (χ3v) is 4.62. The van der Waals surface area contributed by atoms with E-state index in [-0.39, 0.29) is 6.10 Å². The van der Waals surface area contributed by atoms with Crippen molar-refractivity contribution in [1.29, 1.82) is 0 Å². The van der Waals surface area contributed by atoms with Crippen LogP contribution in [0.4, 0.5) is 0 Å². The first-order valence-electron chi connectivity index (χ1n) is 7.14. The molecule has 0 spiro atoms. The maximum atomic E-state index is 9.78. The van der Waals surface area contributed by atoms with Crippen molar-refractivity contribution in [2.45, 2.75) is 26.1 Å². The molecule has 0 fully saturated rings. The van der Waals surface area contributed by atoms with Gasteiger partial charge in [0.2, 0.25) is 0 Å². The number of benzene rings is 2. The fraction of sp³-hybridized carbons (Fsp3) is 0.222. The molecule has 1 atom stereocenters. The molecule has 21 heavy (non-hydrogen) atoms. The van der Waals surface area contributed by atoms with Crippen molar-refractivity contribution in [3.05, 3.63) is 65.0 Å². The highest BCUT2D eigenvalue weighted by molar-refractivity contribution is 7.17. The van der Waals surface area contributed by atoms with Crippen molar-refractivity contribution in [2.24, 2.45) is 0 Å². The molecule has 2 aromatic carbocycles. The third kappa shape index (κ3) is 3.09. The van der Waals surface area contributed by atoms with E-state index in [0.717, 1.165) is 17.7 Å². The zero-order valence-electron chi connectivity index (χ0n) is 12.0. The van der Waals surface area contributed by atoms with Crippen LogP contribution in [0.1, 0.15) is 30.6 Å². The highest BCUT2D eigenvalue weighted by atomic mass is 32.1. The number of rotatable bonds is 5. The Morgan fingerprint density at radius 1 is 1.10 bits per heavy atom. The second-order valence-electron chi connectivity index (χ2n) is 5.04. The molecule has 1 heterocycles. The molecule has 0 aliphatic heterocycles. The van der Waals surface area contributed by atoms with Gasteiger partial charge in [-0.2, -0.15) is 0 Å². The van der Waals surface area contributed by atoms with Crippen LogP contribution in [0.5, 0.6) is 5.75 Å². The molecule has 0 aliphatic carbocycles. The number of fused-ring (bicyclic) bond motifs is 1. The molecular formula is C18H18O2S. The number of hydrogen-bond donors (Lipinski definition) is 1. The van der Waals surface area contributed by atoms with Crippen molar-refractivity contribution < 1.29 is 9.84 Å². The molecule has 1 aromatic heterocycles. The summed E-state index contributed by atoms with van der Waals surface area (Å²) in [5.74, 6) is 0.831. The fourth-order valence-electron chi connectivity index (χ4n) is 2.33. The summed E-state index contributed by atoms with van der Waals surface area (Å²) < 4.78 is 7.14. The highest BCUT2D eigenvalue weighted by Crippen LogP contribution is 2.27. The van der Waals surface area contributed by atoms with Crippen LogP contribution in [0.25, 0.3) is 10.1 Å². The second-order valence-corrected chi connectivity index (χ2v) is 5.95. The Morgan fingerprint density at radius 3 is 2.62 bits per heavy atom. The molecule has 1 N–H and O–H groups in total. The van der Waals surface area contributed by atoms with Crippen molar-refractivity contribution >= 4 is 21.4 Å². The largest absolute Gasteiger partial charge is 0.489 e. The van der Waals surface area contributed by atoms with Crippen LogP contribution >= 0.6 is 11.3 Å². The van der Waals surface area contributed by atoms with Crippen LogP contribution in [0.2, 0.25) is 0 Å². The second kappa shape index (κ2) is 6.29. The van der Waals surface area contributed by atoms with E-state index in [1.165, 1.54) is 15.6 Å². The average molecular weight is 298 g/mol. The monoisotopic (exact) mass is 298 g/mol. The van der Waals surface area contributed by atoms with Crippen LogP contribution < -0.4 is 4.74 Å². The SMILES string of the molecule is CC[C@@H](O)c1ccc(OCc2csc3ccccc23)cc1. The molecule has 0 radical (unpaired) electrons. The highest BCUT2D eigenvalue weighted by Gasteiger charge is 2.06. The quantitative estimate of drug-likeness (QED) is 0.724. The lowest BCUT2D eigenvalue weighted by molar-refractivity contribution is 0.173. The van der Waals surface area contributed by atoms with Gasteiger partial charge in [0.15, 0.2) is 0 Å². The molecule has 0 unspecified atom stereocenters. The number of hydrogen-bond acceptors (Lipinski definition) is 3. The van der Waals surface area contributed by atoms with Gasteiger partial charge in [0.25, 0.3) is 0 Å². The molecule has 0 saturated heterocycles. The standard InChI is InChI=1S/C18H18O2S/c1-2-17(19)13-7-9-15(10-8-13)20-11-14-12-21-18-6-4-3-5-16(14)18/h3-10,12,17,19H,2,11H2,1H3/t17-/m1/s1. The van der Waals surface area contributed by atoms with E-state index in [2.05, 4.69) is 29.6 Å². The predicted octanol–water partition coefficient (Wildman–Crippen LogP) is 4.92. The Bertz CT molecular complexity index is 715. The summed E-state index contributed by atoms with van der Waals surface area (Å²) in [7, 11) is 0. The molecule has 0 saturated carbocycles. The molecule has 3 heteroatoms. The van der Waals surface area contributed by atoms with E-state index in [0.29, 0.717) is 6.61 Å². The van der Waals surface area contributed by atoms with Gasteiger partial charge in [-0.15, -0.1) is 11.3 Å². The molecule has 2 nitrogen and oxygen atoms in total. The van der Waals surface area contributed by atoms with Gasteiger partial charge in [-0.25, -0.2) is 0 Å². The first-order valence-corrected chi connectivity index (χ1v) is 8.02. The van der Waals surface area contributed by atoms with Gasteiger partial charge in [-0.3, -0.25) is 0 Å². The van der Waals surface area contributed by atoms with E-state index >= 15 is 0 Å². The Kier molecular flexibility index (Phi) is 4.23. The van der Waals surface area contributed by atoms with Crippen LogP contribution in [-0.2, 0) is 6.61 Å². The average Bonchev–Trinajstić information content (AvgIpc) is 2.96. The van der Waals surface area contributed by atoms with Crippen molar-refractivity contribution in [3.63, 3.8) is 0 Å². The summed E-state index contributed by atoms with van der Waals surface area (Å²) >= 11 is 1.75. The molecule has 108 valence electrons. The molecule has 3 aromatic rings. The summed E-state index contributed by atoms with van der Waals surface area (Å²) in [6.07, 6.45) is 0.334. The summed E-state index contributed by atoms with van der Waals surface area (Å²) in [6, 6.07) is 16.1. The lowest BCUT2D eigenvalue weighted by Crippen LogP contribution is -1.97. The summed E-state index contributed by atoms with van der Waals surface area (Å²) in [5, 5.41) is 13.2. The summed E-state index contributed by atoms with van der Waals surface area (Å²) in [5.41, 5.74) is 2.15. The molecule has 0 bridgehead atoms. The Hall–Kier alpha value is -1.84. The zero-order chi connectivity index (χ0) is 14.7. The molecule has 0 amide bonds. The smallest absolute Gasteiger partial charge is 0.119 e. The zero-order valence-corrected chi connectivity index (χ0v) is 12.8. The summed E-state index contributed by atoms with van der Waals surface area (Å²) in [4.78, 5) is 0. The van der Waals surface area contributed by atoms with Crippen molar-refractivity contribution in [2.75, 3.05) is 0 Å². The van der Waals surface area contributed by atoms with E-state index in [9.17, 15) is 5.11 Å². The number of thiophene rings is 1. The molecular weight excluding hydrogens is 280 g/mol. The lowest BCUT2D eigenvalue weighted by atomic mass is 10.1. The molecule has 0 aliphatic rings. The van der Waals surface area contributed by atoms with Gasteiger partial charge < -0.3 is 9.84 Å². The van der Waals surface area contributed by atoms with Gasteiger partial charge >= 0.3 is 0 Å². The minimum atomic E-state index is -0.389. The number of ether oxygens (including phenoxy) is 1. The maximum Gasteiger partial charge on any atom is 0.119 e. The van der Waals surface area contributed by atoms with Crippen LogP contribution in [0, 0.1) is 0 Å². The minimum Gasteiger partial charge on any atom is -0.489 e. The Balaban J connectivity index is 1.70. The van der Waals surface area contributed by atoms with E-state index in [4.69, 9.17) is 4.74 Å². The number of aliphatic hydroxyl groups excluding tert-OH is 1. The normalized spacial score (nSPS) is 12.5. The Morgan fingerprint density at radius 2 is 1.86 bits per heavy atom. The third-order valence-electron chi connectivity index (χ3n) is 3.61. The van der Waals surface area contributed by atoms with Gasteiger partial charge in [-0.05, 0) is 40.9 Å². The van der Waals surface area contributed by atoms with Gasteiger partial charge in [0, 0.05) is 10.3 Å². The van der Waals surface area contributed by atoms with Crippen LogP contribution in [-0.4, -0.2) is 5.11 Å². The minimum absolute atomic E-state index is 0.389. The van der Waals surface area contributed by atoms with Crippen LogP contribution in [0.15, 0.2) is 53.9 Å². The number of aliphatic hydroxyl groups is 1. The lowest BCUT2D eigenvalue weighted by Gasteiger charge is -2.10.